The molecule has 3 rings (SSSR count). The molecule has 1 saturated heterocycles. The van der Waals surface area contributed by atoms with Gasteiger partial charge in [0.1, 0.15) is 0 Å². The molecule has 1 aliphatic rings. The van der Waals surface area contributed by atoms with Crippen molar-refractivity contribution in [2.24, 2.45) is 11.7 Å². The molecule has 1 amide bonds. The Morgan fingerprint density at radius 2 is 1.71 bits per heavy atom. The van der Waals surface area contributed by atoms with Crippen LogP contribution in [0.15, 0.2) is 53.4 Å². The molecule has 2 aromatic carbocycles. The van der Waals surface area contributed by atoms with Gasteiger partial charge in [0.2, 0.25) is 0 Å². The highest BCUT2D eigenvalue weighted by Crippen LogP contribution is 2.24. The first-order valence-electron chi connectivity index (χ1n) is 9.08. The van der Waals surface area contributed by atoms with E-state index >= 15 is 0 Å². The Kier molecular flexibility index (Phi) is 7.46. The Hall–Kier alpha value is -2.09. The minimum atomic E-state index is -3.77. The van der Waals surface area contributed by atoms with E-state index in [0.717, 1.165) is 18.4 Å². The Balaban J connectivity index is 0.00000280. The zero-order chi connectivity index (χ0) is 19.4. The van der Waals surface area contributed by atoms with E-state index < -0.39 is 10.0 Å². The molecule has 2 aromatic rings. The molecular formula is C20H26ClN3O3S. The highest BCUT2D eigenvalue weighted by Gasteiger charge is 2.25. The van der Waals surface area contributed by atoms with Crippen LogP contribution in [0.1, 0.15) is 28.8 Å². The molecule has 0 radical (unpaired) electrons. The van der Waals surface area contributed by atoms with E-state index in [4.69, 9.17) is 5.73 Å². The summed E-state index contributed by atoms with van der Waals surface area (Å²) in [6.45, 7) is 3.81. The third-order valence-corrected chi connectivity index (χ3v) is 6.35. The van der Waals surface area contributed by atoms with E-state index in [1.807, 2.05) is 6.92 Å². The van der Waals surface area contributed by atoms with Gasteiger partial charge in [-0.3, -0.25) is 9.52 Å². The van der Waals surface area contributed by atoms with Crippen molar-refractivity contribution in [1.82, 2.24) is 4.90 Å². The fourth-order valence-corrected chi connectivity index (χ4v) is 4.30. The van der Waals surface area contributed by atoms with E-state index in [1.54, 1.807) is 53.4 Å². The second-order valence-electron chi connectivity index (χ2n) is 6.94. The first-order chi connectivity index (χ1) is 12.9. The maximum absolute atomic E-state index is 12.9. The Labute approximate surface area is 172 Å². The standard InChI is InChI=1S/C20H25N3O3S.ClH/c1-15-6-8-17(9-7-15)27(25,26)22-19-5-3-2-4-18(19)20(24)23-12-10-16(14-21)11-13-23;/h2-9,16,22H,10-14,21H2,1H3;1H. The molecule has 0 unspecified atom stereocenters. The van der Waals surface area contributed by atoms with Gasteiger partial charge < -0.3 is 10.6 Å². The zero-order valence-corrected chi connectivity index (χ0v) is 17.4. The van der Waals surface area contributed by atoms with Crippen molar-refractivity contribution in [3.05, 3.63) is 59.7 Å². The summed E-state index contributed by atoms with van der Waals surface area (Å²) in [5, 5.41) is 0. The summed E-state index contributed by atoms with van der Waals surface area (Å²) >= 11 is 0. The van der Waals surface area contributed by atoms with Gasteiger partial charge in [-0.25, -0.2) is 8.42 Å². The number of sulfonamides is 1. The van der Waals surface area contributed by atoms with Crippen molar-refractivity contribution in [2.45, 2.75) is 24.7 Å². The molecule has 1 fully saturated rings. The molecule has 0 spiro atoms. The van der Waals surface area contributed by atoms with Gasteiger partial charge in [0.25, 0.3) is 15.9 Å². The topological polar surface area (TPSA) is 92.5 Å². The predicted molar refractivity (Wildman–Crippen MR) is 113 cm³/mol. The number of hydrogen-bond acceptors (Lipinski definition) is 4. The molecule has 28 heavy (non-hydrogen) atoms. The lowest BCUT2D eigenvalue weighted by atomic mass is 9.96. The number of nitrogens with two attached hydrogens (primary N) is 1. The molecule has 1 aliphatic heterocycles. The molecule has 0 aromatic heterocycles. The van der Waals surface area contributed by atoms with Gasteiger partial charge in [0.05, 0.1) is 16.1 Å². The summed E-state index contributed by atoms with van der Waals surface area (Å²) in [4.78, 5) is 14.9. The van der Waals surface area contributed by atoms with Crippen LogP contribution in [0.3, 0.4) is 0 Å². The first-order valence-corrected chi connectivity index (χ1v) is 10.6. The van der Waals surface area contributed by atoms with Crippen LogP contribution in [0.4, 0.5) is 5.69 Å². The van der Waals surface area contributed by atoms with Crippen LogP contribution < -0.4 is 10.5 Å². The van der Waals surface area contributed by atoms with Crippen molar-refractivity contribution in [1.29, 1.82) is 0 Å². The van der Waals surface area contributed by atoms with Crippen LogP contribution in [0, 0.1) is 12.8 Å². The lowest BCUT2D eigenvalue weighted by Crippen LogP contribution is -2.40. The van der Waals surface area contributed by atoms with Crippen LogP contribution in [0.2, 0.25) is 0 Å². The number of para-hydroxylation sites is 1. The maximum Gasteiger partial charge on any atom is 0.261 e. The number of piperidine rings is 1. The monoisotopic (exact) mass is 423 g/mol. The maximum atomic E-state index is 12.9. The van der Waals surface area contributed by atoms with Gasteiger partial charge >= 0.3 is 0 Å². The Bertz CT molecular complexity index is 909. The number of amides is 1. The lowest BCUT2D eigenvalue weighted by molar-refractivity contribution is 0.0694. The van der Waals surface area contributed by atoms with Crippen LogP contribution >= 0.6 is 12.4 Å². The summed E-state index contributed by atoms with van der Waals surface area (Å²) in [6.07, 6.45) is 1.75. The van der Waals surface area contributed by atoms with E-state index in [9.17, 15) is 13.2 Å². The van der Waals surface area contributed by atoms with Gasteiger partial charge in [-0.05, 0) is 56.5 Å². The molecule has 0 aliphatic carbocycles. The normalized spacial score (nSPS) is 15.0. The minimum absolute atomic E-state index is 0. The molecule has 3 N–H and O–H groups in total. The van der Waals surface area contributed by atoms with Crippen LogP contribution in [0.5, 0.6) is 0 Å². The number of nitrogens with one attached hydrogen (secondary N) is 1. The Morgan fingerprint density at radius 3 is 2.32 bits per heavy atom. The van der Waals surface area contributed by atoms with Crippen molar-refractivity contribution in [2.75, 3.05) is 24.4 Å². The summed E-state index contributed by atoms with van der Waals surface area (Å²) in [6, 6.07) is 13.3. The molecule has 0 bridgehead atoms. The van der Waals surface area contributed by atoms with Crippen molar-refractivity contribution in [3.8, 4) is 0 Å². The quantitative estimate of drug-likeness (QED) is 0.773. The van der Waals surface area contributed by atoms with Gasteiger partial charge in [-0.1, -0.05) is 29.8 Å². The number of halogens is 1. The largest absolute Gasteiger partial charge is 0.339 e. The highest BCUT2D eigenvalue weighted by atomic mass is 35.5. The summed E-state index contributed by atoms with van der Waals surface area (Å²) in [5.74, 6) is 0.289. The second kappa shape index (κ2) is 9.41. The van der Waals surface area contributed by atoms with E-state index in [1.165, 1.54) is 0 Å². The number of carbonyl (C=O) groups excluding carboxylic acids is 1. The number of carbonyl (C=O) groups is 1. The van der Waals surface area contributed by atoms with Crippen molar-refractivity contribution in [3.63, 3.8) is 0 Å². The summed E-state index contributed by atoms with van der Waals surface area (Å²) < 4.78 is 28.0. The molecule has 1 heterocycles. The van der Waals surface area contributed by atoms with Crippen LogP contribution in [-0.4, -0.2) is 38.9 Å². The fourth-order valence-electron chi connectivity index (χ4n) is 3.22. The molecule has 0 atom stereocenters. The first kappa shape index (κ1) is 22.2. The molecule has 0 saturated carbocycles. The second-order valence-corrected chi connectivity index (χ2v) is 8.62. The van der Waals surface area contributed by atoms with Crippen LogP contribution in [-0.2, 0) is 10.0 Å². The number of nitrogens with zero attached hydrogens (tertiary/aromatic N) is 1. The number of benzene rings is 2. The number of hydrogen-bond donors (Lipinski definition) is 2. The number of rotatable bonds is 5. The average Bonchev–Trinajstić information content (AvgIpc) is 2.68. The van der Waals surface area contributed by atoms with Gasteiger partial charge in [0.15, 0.2) is 0 Å². The summed E-state index contributed by atoms with van der Waals surface area (Å²) in [7, 11) is -3.77. The van der Waals surface area contributed by atoms with Crippen molar-refractivity contribution < 1.29 is 13.2 Å². The lowest BCUT2D eigenvalue weighted by Gasteiger charge is -2.31. The highest BCUT2D eigenvalue weighted by molar-refractivity contribution is 7.92. The molecule has 6 nitrogen and oxygen atoms in total. The SMILES string of the molecule is Cc1ccc(S(=O)(=O)Nc2ccccc2C(=O)N2CCC(CN)CC2)cc1.Cl. The molecular weight excluding hydrogens is 398 g/mol. The fraction of sp³-hybridized carbons (Fsp3) is 0.350. The van der Waals surface area contributed by atoms with Crippen LogP contribution in [0.25, 0.3) is 0 Å². The van der Waals surface area contributed by atoms with E-state index in [-0.39, 0.29) is 23.2 Å². The number of likely N-dealkylation sites (tertiary alicyclic amines) is 1. The smallest absolute Gasteiger partial charge is 0.261 e. The number of anilines is 1. The molecule has 152 valence electrons. The zero-order valence-electron chi connectivity index (χ0n) is 15.8. The van der Waals surface area contributed by atoms with Gasteiger partial charge in [-0.15, -0.1) is 12.4 Å². The number of aryl methyl sites for hydroxylation is 1. The van der Waals surface area contributed by atoms with Gasteiger partial charge in [0, 0.05) is 13.1 Å². The van der Waals surface area contributed by atoms with E-state index in [0.29, 0.717) is 36.8 Å². The predicted octanol–water partition coefficient (Wildman–Crippen LogP) is 3.03. The van der Waals surface area contributed by atoms with E-state index in [2.05, 4.69) is 4.72 Å². The Morgan fingerprint density at radius 1 is 1.11 bits per heavy atom. The third kappa shape index (κ3) is 5.04. The summed E-state index contributed by atoms with van der Waals surface area (Å²) in [5.41, 5.74) is 7.35. The average molecular weight is 424 g/mol. The van der Waals surface area contributed by atoms with Gasteiger partial charge in [-0.2, -0.15) is 0 Å². The minimum Gasteiger partial charge on any atom is -0.339 e. The third-order valence-electron chi connectivity index (χ3n) is 4.97. The van der Waals surface area contributed by atoms with Crippen molar-refractivity contribution >= 4 is 34.0 Å². The molecule has 8 heteroatoms.